The van der Waals surface area contributed by atoms with Gasteiger partial charge in [0.15, 0.2) is 0 Å². The molecule has 0 amide bonds. The maximum absolute atomic E-state index is 12.5. The lowest BCUT2D eigenvalue weighted by atomic mass is 9.82. The fraction of sp³-hybridized carbons (Fsp3) is 0.455. The lowest BCUT2D eigenvalue weighted by Crippen LogP contribution is -2.39. The zero-order valence-electron chi connectivity index (χ0n) is 22.7. The van der Waals surface area contributed by atoms with E-state index < -0.39 is 10.1 Å². The van der Waals surface area contributed by atoms with Gasteiger partial charge in [-0.3, -0.25) is 4.55 Å². The minimum atomic E-state index is -4.41. The molecule has 3 aromatic carbocycles. The SMILES string of the molecule is O=S(=O)(O)c1ccccc1C1c2ccc(N3C4CCCC3CC4)cc2Oc2cc(N3C4CCCC3CC4)ccc21. The summed E-state index contributed by atoms with van der Waals surface area (Å²) in [5.41, 5.74) is 4.83. The first-order valence-electron chi connectivity index (χ1n) is 15.0. The predicted octanol–water partition coefficient (Wildman–Crippen LogP) is 7.26. The van der Waals surface area contributed by atoms with E-state index in [2.05, 4.69) is 46.2 Å². The Hall–Kier alpha value is -3.03. The van der Waals surface area contributed by atoms with Gasteiger partial charge in [-0.05, 0) is 88.0 Å². The lowest BCUT2D eigenvalue weighted by molar-refractivity contribution is 0.443. The second-order valence-electron chi connectivity index (χ2n) is 12.4. The van der Waals surface area contributed by atoms with Gasteiger partial charge in [0.1, 0.15) is 11.5 Å². The van der Waals surface area contributed by atoms with Gasteiger partial charge >= 0.3 is 0 Å². The number of anilines is 2. The molecule has 5 aliphatic rings. The van der Waals surface area contributed by atoms with Crippen LogP contribution in [0, 0.1) is 0 Å². The van der Waals surface area contributed by atoms with E-state index in [1.54, 1.807) is 6.07 Å². The smallest absolute Gasteiger partial charge is 0.294 e. The van der Waals surface area contributed by atoms with Gasteiger partial charge in [-0.25, -0.2) is 0 Å². The van der Waals surface area contributed by atoms with E-state index in [0.717, 1.165) is 22.6 Å². The largest absolute Gasteiger partial charge is 0.457 e. The van der Waals surface area contributed by atoms with Crippen molar-refractivity contribution in [1.82, 2.24) is 0 Å². The molecule has 5 aliphatic heterocycles. The summed E-state index contributed by atoms with van der Waals surface area (Å²) in [4.78, 5) is 5.16. The van der Waals surface area contributed by atoms with Gasteiger partial charge in [0.2, 0.25) is 0 Å². The number of benzene rings is 3. The molecule has 4 atom stereocenters. The van der Waals surface area contributed by atoms with Crippen molar-refractivity contribution in [2.24, 2.45) is 0 Å². The standard InChI is InChI=1S/C33H36N2O4S/c36-40(37,38)32-10-2-1-9-29(32)33-27-17-15-25(34-21-5-3-6-22(34)12-11-21)19-30(27)39-31-20-26(16-18-28(31)33)35-23-7-4-8-24(35)14-13-23/h1-2,9-10,15-24,33H,3-8,11-14H2,(H,36,37,38). The van der Waals surface area contributed by atoms with Gasteiger partial charge < -0.3 is 14.5 Å². The Labute approximate surface area is 236 Å². The van der Waals surface area contributed by atoms with Crippen LogP contribution in [0.5, 0.6) is 11.5 Å². The number of piperidine rings is 2. The van der Waals surface area contributed by atoms with Crippen LogP contribution in [0.1, 0.15) is 86.8 Å². The first-order chi connectivity index (χ1) is 19.5. The minimum absolute atomic E-state index is 0.0462. The summed E-state index contributed by atoms with van der Waals surface area (Å²) in [6.07, 6.45) is 12.6. The molecule has 40 heavy (non-hydrogen) atoms. The highest BCUT2D eigenvalue weighted by atomic mass is 32.2. The van der Waals surface area contributed by atoms with E-state index in [0.29, 0.717) is 29.7 Å². The first-order valence-corrected chi connectivity index (χ1v) is 16.5. The van der Waals surface area contributed by atoms with Crippen molar-refractivity contribution < 1.29 is 17.7 Å². The quantitative estimate of drug-likeness (QED) is 0.267. The van der Waals surface area contributed by atoms with Crippen LogP contribution in [0.2, 0.25) is 0 Å². The summed E-state index contributed by atoms with van der Waals surface area (Å²) in [5, 5.41) is 0. The first kappa shape index (κ1) is 24.7. The molecule has 4 fully saturated rings. The van der Waals surface area contributed by atoms with E-state index >= 15 is 0 Å². The second-order valence-corrected chi connectivity index (χ2v) is 13.8. The molecule has 3 aromatic rings. The maximum Gasteiger partial charge on any atom is 0.294 e. The second kappa shape index (κ2) is 9.25. The highest BCUT2D eigenvalue weighted by Crippen LogP contribution is 2.52. The summed E-state index contributed by atoms with van der Waals surface area (Å²) in [6, 6.07) is 22.1. The van der Waals surface area contributed by atoms with Gasteiger partial charge in [-0.15, -0.1) is 0 Å². The van der Waals surface area contributed by atoms with Crippen LogP contribution in [-0.4, -0.2) is 37.1 Å². The molecule has 0 radical (unpaired) electrons. The molecule has 208 valence electrons. The fourth-order valence-electron chi connectivity index (χ4n) is 8.67. The molecule has 0 spiro atoms. The number of hydrogen-bond donors (Lipinski definition) is 1. The highest BCUT2D eigenvalue weighted by molar-refractivity contribution is 7.85. The Bertz CT molecular complexity index is 1480. The molecule has 0 saturated carbocycles. The number of fused-ring (bicyclic) bond motifs is 6. The van der Waals surface area contributed by atoms with Crippen LogP contribution in [0.3, 0.4) is 0 Å². The van der Waals surface area contributed by atoms with Crippen LogP contribution >= 0.6 is 0 Å². The number of hydrogen-bond acceptors (Lipinski definition) is 5. The minimum Gasteiger partial charge on any atom is -0.457 e. The summed E-state index contributed by atoms with van der Waals surface area (Å²) >= 11 is 0. The Kier molecular flexibility index (Phi) is 5.72. The van der Waals surface area contributed by atoms with Gasteiger partial charge in [0.25, 0.3) is 10.1 Å². The number of rotatable bonds is 4. The Morgan fingerprint density at radius 2 is 1.10 bits per heavy atom. The molecule has 4 bridgehead atoms. The zero-order chi connectivity index (χ0) is 27.0. The maximum atomic E-state index is 12.5. The topological polar surface area (TPSA) is 70.1 Å². The molecule has 5 heterocycles. The Morgan fingerprint density at radius 1 is 0.625 bits per heavy atom. The Morgan fingerprint density at radius 3 is 1.57 bits per heavy atom. The van der Waals surface area contributed by atoms with Crippen LogP contribution in [0.4, 0.5) is 11.4 Å². The van der Waals surface area contributed by atoms with E-state index in [4.69, 9.17) is 4.74 Å². The zero-order valence-corrected chi connectivity index (χ0v) is 23.5. The highest BCUT2D eigenvalue weighted by Gasteiger charge is 2.40. The number of nitrogens with zero attached hydrogens (tertiary/aromatic N) is 2. The number of ether oxygens (including phenoxy) is 1. The molecular formula is C33H36N2O4S. The van der Waals surface area contributed by atoms with Gasteiger partial charge in [-0.2, -0.15) is 8.42 Å². The normalized spacial score (nSPS) is 28.7. The third kappa shape index (κ3) is 3.88. The van der Waals surface area contributed by atoms with E-state index in [9.17, 15) is 13.0 Å². The molecule has 4 saturated heterocycles. The van der Waals surface area contributed by atoms with Crippen LogP contribution in [0.15, 0.2) is 65.6 Å². The van der Waals surface area contributed by atoms with Crippen LogP contribution < -0.4 is 14.5 Å². The van der Waals surface area contributed by atoms with Gasteiger partial charge in [0, 0.05) is 64.7 Å². The van der Waals surface area contributed by atoms with E-state index in [-0.39, 0.29) is 10.8 Å². The molecule has 4 unspecified atom stereocenters. The molecule has 6 nitrogen and oxygen atoms in total. The summed E-state index contributed by atoms with van der Waals surface area (Å²) in [7, 11) is -4.41. The van der Waals surface area contributed by atoms with Crippen molar-refractivity contribution >= 4 is 21.5 Å². The molecule has 0 aliphatic carbocycles. The van der Waals surface area contributed by atoms with Crippen molar-refractivity contribution in [2.45, 2.75) is 99.2 Å². The van der Waals surface area contributed by atoms with Gasteiger partial charge in [-0.1, -0.05) is 30.3 Å². The molecule has 8 rings (SSSR count). The van der Waals surface area contributed by atoms with Crippen molar-refractivity contribution in [3.63, 3.8) is 0 Å². The average Bonchev–Trinajstić information content (AvgIpc) is 3.36. The average molecular weight is 557 g/mol. The van der Waals surface area contributed by atoms with Gasteiger partial charge in [0.05, 0.1) is 4.90 Å². The monoisotopic (exact) mass is 556 g/mol. The van der Waals surface area contributed by atoms with Crippen molar-refractivity contribution in [3.05, 3.63) is 77.4 Å². The summed E-state index contributed by atoms with van der Waals surface area (Å²) < 4.78 is 41.9. The van der Waals surface area contributed by atoms with Crippen LogP contribution in [-0.2, 0) is 10.1 Å². The Balaban J connectivity index is 1.27. The van der Waals surface area contributed by atoms with E-state index in [1.165, 1.54) is 81.6 Å². The van der Waals surface area contributed by atoms with Crippen molar-refractivity contribution in [1.29, 1.82) is 0 Å². The van der Waals surface area contributed by atoms with Crippen LogP contribution in [0.25, 0.3) is 0 Å². The summed E-state index contributed by atoms with van der Waals surface area (Å²) in [6.45, 7) is 0. The third-order valence-electron chi connectivity index (χ3n) is 10.3. The fourth-order valence-corrected chi connectivity index (χ4v) is 9.41. The molecule has 7 heteroatoms. The van der Waals surface area contributed by atoms with E-state index in [1.807, 2.05) is 12.1 Å². The lowest BCUT2D eigenvalue weighted by Gasteiger charge is -2.39. The predicted molar refractivity (Wildman–Crippen MR) is 156 cm³/mol. The third-order valence-corrected chi connectivity index (χ3v) is 11.3. The summed E-state index contributed by atoms with van der Waals surface area (Å²) in [5.74, 6) is 1.20. The van der Waals surface area contributed by atoms with Crippen molar-refractivity contribution in [2.75, 3.05) is 9.80 Å². The molecular weight excluding hydrogens is 520 g/mol. The molecule has 0 aromatic heterocycles. The molecule has 1 N–H and O–H groups in total. The van der Waals surface area contributed by atoms with Crippen molar-refractivity contribution in [3.8, 4) is 11.5 Å².